The van der Waals surface area contributed by atoms with Crippen LogP contribution in [0.2, 0.25) is 0 Å². The first-order chi connectivity index (χ1) is 4.79. The third-order valence-electron chi connectivity index (χ3n) is 1.07. The van der Waals surface area contributed by atoms with Crippen LogP contribution in [0.4, 0.5) is 5.69 Å². The van der Waals surface area contributed by atoms with Gasteiger partial charge in [0.2, 0.25) is 0 Å². The van der Waals surface area contributed by atoms with Gasteiger partial charge in [0.25, 0.3) is 0 Å². The Bertz CT molecular complexity index is 190. The molecule has 0 atom stereocenters. The molecule has 3 nitrogen and oxygen atoms in total. The summed E-state index contributed by atoms with van der Waals surface area (Å²) in [6.45, 7) is 0. The van der Waals surface area contributed by atoms with Crippen LogP contribution in [0.15, 0.2) is 30.3 Å². The molecular weight excluding hydrogens is 129 g/mol. The summed E-state index contributed by atoms with van der Waals surface area (Å²) in [4.78, 5) is 0. The van der Waals surface area contributed by atoms with E-state index in [9.17, 15) is 0 Å². The van der Waals surface area contributed by atoms with Crippen molar-refractivity contribution in [1.29, 1.82) is 0 Å². The zero-order valence-corrected chi connectivity index (χ0v) is 5.36. The van der Waals surface area contributed by atoms with E-state index in [1.165, 1.54) is 0 Å². The molecule has 1 rings (SSSR count). The highest BCUT2D eigenvalue weighted by atomic mass is 16.4. The molecule has 10 heavy (non-hydrogen) atoms. The molecule has 0 fully saturated rings. The van der Waals surface area contributed by atoms with E-state index in [-0.39, 0.29) is 0 Å². The molecule has 1 aromatic carbocycles. The largest absolute Gasteiger partial charge is 0.585 e. The Morgan fingerprint density at radius 3 is 2.20 bits per heavy atom. The molecule has 4 heteroatoms. The van der Waals surface area contributed by atoms with Gasteiger partial charge >= 0.3 is 7.25 Å². The quantitative estimate of drug-likeness (QED) is 0.505. The third-order valence-corrected chi connectivity index (χ3v) is 1.07. The molecule has 0 aromatic heterocycles. The predicted octanol–water partition coefficient (Wildman–Crippen LogP) is 0.0680. The summed E-state index contributed by atoms with van der Waals surface area (Å²) in [5, 5.41) is 19.3. The van der Waals surface area contributed by atoms with Gasteiger partial charge in [-0.05, 0) is 12.1 Å². The lowest BCUT2D eigenvalue weighted by Gasteiger charge is -2.01. The number of anilines is 1. The fraction of sp³-hybridized carbons (Fsp3) is 0. The molecule has 0 aliphatic carbocycles. The Morgan fingerprint density at radius 1 is 1.10 bits per heavy atom. The second kappa shape index (κ2) is 3.24. The number of hydrogen-bond donors (Lipinski definition) is 3. The zero-order valence-electron chi connectivity index (χ0n) is 5.36. The van der Waals surface area contributed by atoms with Crippen molar-refractivity contribution in [3.63, 3.8) is 0 Å². The minimum absolute atomic E-state index is 0.692. The smallest absolute Gasteiger partial charge is 0.408 e. The molecule has 0 unspecified atom stereocenters. The van der Waals surface area contributed by atoms with E-state index in [1.54, 1.807) is 12.1 Å². The lowest BCUT2D eigenvalue weighted by atomic mass is 10.1. The van der Waals surface area contributed by atoms with Crippen molar-refractivity contribution >= 4 is 12.9 Å². The summed E-state index contributed by atoms with van der Waals surface area (Å²) < 4.78 is 0. The van der Waals surface area contributed by atoms with Crippen LogP contribution >= 0.6 is 0 Å². The zero-order chi connectivity index (χ0) is 7.40. The maximum absolute atomic E-state index is 8.45. The van der Waals surface area contributed by atoms with Crippen molar-refractivity contribution in [3.05, 3.63) is 30.3 Å². The average Bonchev–Trinajstić information content (AvgIpc) is 1.88. The van der Waals surface area contributed by atoms with E-state index in [1.807, 2.05) is 18.2 Å². The summed E-state index contributed by atoms with van der Waals surface area (Å²) in [5.41, 5.74) is 0.692. The van der Waals surface area contributed by atoms with Crippen LogP contribution < -0.4 is 5.23 Å². The number of rotatable bonds is 2. The Hall–Kier alpha value is -0.995. The van der Waals surface area contributed by atoms with Gasteiger partial charge < -0.3 is 15.3 Å². The summed E-state index contributed by atoms with van der Waals surface area (Å²) in [6.07, 6.45) is 0. The van der Waals surface area contributed by atoms with E-state index < -0.39 is 7.25 Å². The SMILES string of the molecule is OB(O)Nc1ccccc1. The van der Waals surface area contributed by atoms with Crippen molar-refractivity contribution in [2.24, 2.45) is 0 Å². The molecule has 1 aromatic rings. The van der Waals surface area contributed by atoms with E-state index >= 15 is 0 Å². The van der Waals surface area contributed by atoms with Gasteiger partial charge in [-0.1, -0.05) is 18.2 Å². The normalized spacial score (nSPS) is 9.00. The van der Waals surface area contributed by atoms with Crippen LogP contribution in [-0.4, -0.2) is 17.3 Å². The summed E-state index contributed by atoms with van der Waals surface area (Å²) >= 11 is 0. The molecule has 0 saturated heterocycles. The number of para-hydroxylation sites is 1. The Morgan fingerprint density at radius 2 is 1.70 bits per heavy atom. The van der Waals surface area contributed by atoms with Crippen molar-refractivity contribution in [2.45, 2.75) is 0 Å². The summed E-state index contributed by atoms with van der Waals surface area (Å²) in [5.74, 6) is 0. The predicted molar refractivity (Wildman–Crippen MR) is 40.3 cm³/mol. The minimum Gasteiger partial charge on any atom is -0.408 e. The molecule has 0 spiro atoms. The Labute approximate surface area is 59.5 Å². The first-order valence-electron chi connectivity index (χ1n) is 2.97. The highest BCUT2D eigenvalue weighted by molar-refractivity contribution is 6.45. The van der Waals surface area contributed by atoms with Crippen LogP contribution in [0.25, 0.3) is 0 Å². The van der Waals surface area contributed by atoms with Gasteiger partial charge in [0.05, 0.1) is 0 Å². The van der Waals surface area contributed by atoms with Crippen molar-refractivity contribution in [3.8, 4) is 0 Å². The number of benzene rings is 1. The second-order valence-corrected chi connectivity index (χ2v) is 1.88. The van der Waals surface area contributed by atoms with E-state index in [2.05, 4.69) is 5.23 Å². The highest BCUT2D eigenvalue weighted by Crippen LogP contribution is 2.03. The Kier molecular flexibility index (Phi) is 2.31. The Balaban J connectivity index is 2.59. The highest BCUT2D eigenvalue weighted by Gasteiger charge is 2.04. The van der Waals surface area contributed by atoms with E-state index in [0.29, 0.717) is 5.69 Å². The fourth-order valence-electron chi connectivity index (χ4n) is 0.683. The molecule has 0 aliphatic heterocycles. The molecule has 0 radical (unpaired) electrons. The van der Waals surface area contributed by atoms with Crippen molar-refractivity contribution in [1.82, 2.24) is 0 Å². The topological polar surface area (TPSA) is 52.5 Å². The molecule has 0 saturated carbocycles. The molecule has 0 bridgehead atoms. The summed E-state index contributed by atoms with van der Waals surface area (Å²) in [6, 6.07) is 8.98. The van der Waals surface area contributed by atoms with Crippen LogP contribution in [0.1, 0.15) is 0 Å². The van der Waals surface area contributed by atoms with Gasteiger partial charge in [0.15, 0.2) is 0 Å². The van der Waals surface area contributed by atoms with Crippen molar-refractivity contribution < 1.29 is 10.0 Å². The standard InChI is InChI=1S/C6H8BNO2/c9-7(10)8-6-4-2-1-3-5-6/h1-5,8-10H. The molecule has 0 heterocycles. The van der Waals surface area contributed by atoms with Gasteiger partial charge in [-0.2, -0.15) is 0 Å². The van der Waals surface area contributed by atoms with E-state index in [0.717, 1.165) is 0 Å². The van der Waals surface area contributed by atoms with Gasteiger partial charge in [0, 0.05) is 5.69 Å². The van der Waals surface area contributed by atoms with Gasteiger partial charge in [-0.15, -0.1) is 0 Å². The monoisotopic (exact) mass is 137 g/mol. The first kappa shape index (κ1) is 7.12. The molecule has 3 N–H and O–H groups in total. The van der Waals surface area contributed by atoms with Gasteiger partial charge in [-0.3, -0.25) is 0 Å². The molecular formula is C6H8BNO2. The van der Waals surface area contributed by atoms with Gasteiger partial charge in [-0.25, -0.2) is 0 Å². The number of hydrogen-bond acceptors (Lipinski definition) is 3. The maximum atomic E-state index is 8.45. The lowest BCUT2D eigenvalue weighted by molar-refractivity contribution is 0.417. The van der Waals surface area contributed by atoms with Crippen LogP contribution in [0.3, 0.4) is 0 Å². The van der Waals surface area contributed by atoms with Crippen LogP contribution in [0, 0.1) is 0 Å². The second-order valence-electron chi connectivity index (χ2n) is 1.88. The van der Waals surface area contributed by atoms with Gasteiger partial charge in [0.1, 0.15) is 0 Å². The average molecular weight is 137 g/mol. The fourth-order valence-corrected chi connectivity index (χ4v) is 0.683. The lowest BCUT2D eigenvalue weighted by Crippen LogP contribution is -2.23. The molecule has 0 amide bonds. The third kappa shape index (κ3) is 2.09. The first-order valence-corrected chi connectivity index (χ1v) is 2.97. The van der Waals surface area contributed by atoms with Crippen molar-refractivity contribution in [2.75, 3.05) is 5.23 Å². The van der Waals surface area contributed by atoms with Crippen LogP contribution in [-0.2, 0) is 0 Å². The molecule has 0 aliphatic rings. The van der Waals surface area contributed by atoms with Crippen LogP contribution in [0.5, 0.6) is 0 Å². The summed E-state index contributed by atoms with van der Waals surface area (Å²) in [7, 11) is -1.48. The number of nitrogens with one attached hydrogen (secondary N) is 1. The van der Waals surface area contributed by atoms with E-state index in [4.69, 9.17) is 10.0 Å². The maximum Gasteiger partial charge on any atom is 0.585 e. The minimum atomic E-state index is -1.48. The molecule has 52 valence electrons.